The lowest BCUT2D eigenvalue weighted by Gasteiger charge is -2.11. The van der Waals surface area contributed by atoms with Crippen LogP contribution in [0.3, 0.4) is 0 Å². The molecule has 5 heteroatoms. The van der Waals surface area contributed by atoms with E-state index in [0.717, 1.165) is 24.3 Å². The van der Waals surface area contributed by atoms with E-state index < -0.39 is 0 Å². The number of nitrogens with one attached hydrogen (secondary N) is 1. The molecule has 0 spiro atoms. The van der Waals surface area contributed by atoms with Gasteiger partial charge in [0.25, 0.3) is 0 Å². The van der Waals surface area contributed by atoms with E-state index in [-0.39, 0.29) is 5.91 Å². The Kier molecular flexibility index (Phi) is 5.62. The van der Waals surface area contributed by atoms with Gasteiger partial charge in [-0.3, -0.25) is 4.79 Å². The number of hydrazone groups is 1. The summed E-state index contributed by atoms with van der Waals surface area (Å²) in [5, 5.41) is 4.86. The van der Waals surface area contributed by atoms with E-state index in [0.29, 0.717) is 11.7 Å². The van der Waals surface area contributed by atoms with Crippen LogP contribution in [0.15, 0.2) is 46.7 Å². The molecule has 4 nitrogen and oxygen atoms in total. The van der Waals surface area contributed by atoms with Gasteiger partial charge in [-0.05, 0) is 37.3 Å². The van der Waals surface area contributed by atoms with Crippen LogP contribution in [0, 0.1) is 5.92 Å². The number of nitrogens with zero attached hydrogens (tertiary/aromatic N) is 2. The van der Waals surface area contributed by atoms with Crippen molar-refractivity contribution in [2.75, 3.05) is 5.75 Å². The van der Waals surface area contributed by atoms with Crippen LogP contribution in [0.1, 0.15) is 19.3 Å². The van der Waals surface area contributed by atoms with Gasteiger partial charge < -0.3 is 0 Å². The summed E-state index contributed by atoms with van der Waals surface area (Å²) in [4.78, 5) is 15.7. The SMILES string of the molecule is O=C(CSc1ccccn1)N/N=C\C1CC=CCC1. The second-order valence-electron chi connectivity index (χ2n) is 4.31. The average molecular weight is 275 g/mol. The molecule has 1 atom stereocenters. The van der Waals surface area contributed by atoms with Gasteiger partial charge in [0.2, 0.25) is 5.91 Å². The Labute approximate surface area is 117 Å². The monoisotopic (exact) mass is 275 g/mol. The molecule has 1 aromatic rings. The van der Waals surface area contributed by atoms with Crippen LogP contribution in [-0.4, -0.2) is 22.9 Å². The fourth-order valence-electron chi connectivity index (χ4n) is 1.77. The number of allylic oxidation sites excluding steroid dienone is 2. The largest absolute Gasteiger partial charge is 0.272 e. The highest BCUT2D eigenvalue weighted by Gasteiger charge is 2.07. The number of thioether (sulfide) groups is 1. The third-order valence-electron chi connectivity index (χ3n) is 2.77. The third kappa shape index (κ3) is 5.26. The molecule has 1 N–H and O–H groups in total. The first-order chi connectivity index (χ1) is 9.34. The zero-order valence-electron chi connectivity index (χ0n) is 10.7. The second kappa shape index (κ2) is 7.74. The van der Waals surface area contributed by atoms with Crippen LogP contribution < -0.4 is 5.43 Å². The van der Waals surface area contributed by atoms with Gasteiger partial charge in [-0.1, -0.05) is 30.0 Å². The molecule has 1 unspecified atom stereocenters. The van der Waals surface area contributed by atoms with Crippen molar-refractivity contribution in [3.63, 3.8) is 0 Å². The summed E-state index contributed by atoms with van der Waals surface area (Å²) in [5.41, 5.74) is 2.56. The first-order valence-corrected chi connectivity index (χ1v) is 7.34. The molecule has 1 heterocycles. The Morgan fingerprint density at radius 2 is 2.47 bits per heavy atom. The predicted octanol–water partition coefficient (Wildman–Crippen LogP) is 2.63. The van der Waals surface area contributed by atoms with Crippen LogP contribution >= 0.6 is 11.8 Å². The zero-order valence-corrected chi connectivity index (χ0v) is 11.5. The molecule has 2 rings (SSSR count). The third-order valence-corrected chi connectivity index (χ3v) is 3.72. The summed E-state index contributed by atoms with van der Waals surface area (Å²) in [6.07, 6.45) is 11.1. The molecule has 0 saturated heterocycles. The van der Waals surface area contributed by atoms with E-state index in [1.807, 2.05) is 24.4 Å². The van der Waals surface area contributed by atoms with Gasteiger partial charge in [0.05, 0.1) is 10.8 Å². The van der Waals surface area contributed by atoms with Crippen molar-refractivity contribution in [1.82, 2.24) is 10.4 Å². The maximum absolute atomic E-state index is 11.6. The summed E-state index contributed by atoms with van der Waals surface area (Å²) < 4.78 is 0. The molecule has 100 valence electrons. The van der Waals surface area contributed by atoms with Gasteiger partial charge >= 0.3 is 0 Å². The first kappa shape index (κ1) is 13.8. The predicted molar refractivity (Wildman–Crippen MR) is 78.1 cm³/mol. The van der Waals surface area contributed by atoms with Crippen LogP contribution in [0.5, 0.6) is 0 Å². The lowest BCUT2D eigenvalue weighted by Crippen LogP contribution is -2.20. The van der Waals surface area contributed by atoms with Crippen molar-refractivity contribution in [3.05, 3.63) is 36.5 Å². The van der Waals surface area contributed by atoms with Gasteiger partial charge in [0.15, 0.2) is 0 Å². The summed E-state index contributed by atoms with van der Waals surface area (Å²) in [5.74, 6) is 0.686. The van der Waals surface area contributed by atoms with Crippen molar-refractivity contribution < 1.29 is 4.79 Å². The Bertz CT molecular complexity index is 459. The Morgan fingerprint density at radius 3 is 3.21 bits per heavy atom. The molecule has 0 fully saturated rings. The minimum absolute atomic E-state index is 0.0988. The van der Waals surface area contributed by atoms with Crippen molar-refractivity contribution in [3.8, 4) is 0 Å². The van der Waals surface area contributed by atoms with E-state index in [9.17, 15) is 4.79 Å². The minimum Gasteiger partial charge on any atom is -0.272 e. The lowest BCUT2D eigenvalue weighted by molar-refractivity contribution is -0.118. The summed E-state index contributed by atoms with van der Waals surface area (Å²) in [7, 11) is 0. The molecule has 1 aliphatic rings. The topological polar surface area (TPSA) is 54.4 Å². The molecule has 1 aliphatic carbocycles. The van der Waals surface area contributed by atoms with Gasteiger partial charge in [-0.2, -0.15) is 5.10 Å². The highest BCUT2D eigenvalue weighted by atomic mass is 32.2. The number of carbonyl (C=O) groups excluding carboxylic acids is 1. The summed E-state index contributed by atoms with van der Waals surface area (Å²) >= 11 is 1.41. The Morgan fingerprint density at radius 1 is 1.53 bits per heavy atom. The zero-order chi connectivity index (χ0) is 13.3. The fourth-order valence-corrected chi connectivity index (χ4v) is 2.43. The van der Waals surface area contributed by atoms with E-state index >= 15 is 0 Å². The number of hydrogen-bond donors (Lipinski definition) is 1. The van der Waals surface area contributed by atoms with Crippen molar-refractivity contribution in [2.24, 2.45) is 11.0 Å². The molecule has 0 aromatic carbocycles. The normalized spacial score (nSPS) is 18.6. The quantitative estimate of drug-likeness (QED) is 0.389. The fraction of sp³-hybridized carbons (Fsp3) is 0.357. The number of hydrogen-bond acceptors (Lipinski definition) is 4. The molecular formula is C14H17N3OS. The van der Waals surface area contributed by atoms with Crippen LogP contribution in [0.25, 0.3) is 0 Å². The number of amides is 1. The van der Waals surface area contributed by atoms with Gasteiger partial charge in [-0.25, -0.2) is 10.4 Å². The van der Waals surface area contributed by atoms with Crippen molar-refractivity contribution in [1.29, 1.82) is 0 Å². The lowest BCUT2D eigenvalue weighted by atomic mass is 9.96. The van der Waals surface area contributed by atoms with Gasteiger partial charge in [0, 0.05) is 12.4 Å². The molecule has 19 heavy (non-hydrogen) atoms. The van der Waals surface area contributed by atoms with E-state index in [4.69, 9.17) is 0 Å². The van der Waals surface area contributed by atoms with Gasteiger partial charge in [-0.15, -0.1) is 0 Å². The maximum Gasteiger partial charge on any atom is 0.250 e. The second-order valence-corrected chi connectivity index (χ2v) is 5.31. The van der Waals surface area contributed by atoms with E-state index in [1.165, 1.54) is 11.8 Å². The van der Waals surface area contributed by atoms with Crippen molar-refractivity contribution >= 4 is 23.9 Å². The average Bonchev–Trinajstić information content (AvgIpc) is 2.47. The highest BCUT2D eigenvalue weighted by Crippen LogP contribution is 2.15. The molecule has 1 aromatic heterocycles. The van der Waals surface area contributed by atoms with Gasteiger partial charge in [0.1, 0.15) is 0 Å². The maximum atomic E-state index is 11.6. The van der Waals surface area contributed by atoms with Crippen molar-refractivity contribution in [2.45, 2.75) is 24.3 Å². The molecule has 1 amide bonds. The van der Waals surface area contributed by atoms with Crippen LogP contribution in [-0.2, 0) is 4.79 Å². The summed E-state index contributed by atoms with van der Waals surface area (Å²) in [6.45, 7) is 0. The molecule has 0 bridgehead atoms. The molecule has 0 aliphatic heterocycles. The Hall–Kier alpha value is -1.62. The number of aromatic nitrogens is 1. The molecule has 0 saturated carbocycles. The summed E-state index contributed by atoms with van der Waals surface area (Å²) in [6, 6.07) is 5.64. The van der Waals surface area contributed by atoms with E-state index in [1.54, 1.807) is 6.20 Å². The molecular weight excluding hydrogens is 258 g/mol. The first-order valence-electron chi connectivity index (χ1n) is 6.35. The van der Waals surface area contributed by atoms with Crippen LogP contribution in [0.4, 0.5) is 0 Å². The smallest absolute Gasteiger partial charge is 0.250 e. The highest BCUT2D eigenvalue weighted by molar-refractivity contribution is 7.99. The van der Waals surface area contributed by atoms with E-state index in [2.05, 4.69) is 27.7 Å². The Balaban J connectivity index is 1.67. The minimum atomic E-state index is -0.0988. The number of rotatable bonds is 5. The number of pyridine rings is 1. The van der Waals surface area contributed by atoms with Crippen LogP contribution in [0.2, 0.25) is 0 Å². The molecule has 0 radical (unpaired) electrons. The number of carbonyl (C=O) groups is 1. The standard InChI is InChI=1S/C14H17N3OS/c18-13(11-19-14-8-4-5-9-15-14)17-16-10-12-6-2-1-3-7-12/h1-2,4-5,8-10,12H,3,6-7,11H2,(H,17,18)/b16-10-.